The molecule has 0 aromatic carbocycles. The van der Waals surface area contributed by atoms with Crippen LogP contribution in [0.25, 0.3) is 0 Å². The highest BCUT2D eigenvalue weighted by Crippen LogP contribution is 2.21. The van der Waals surface area contributed by atoms with E-state index in [1.165, 1.54) is 18.4 Å². The maximum absolute atomic E-state index is 4.47. The summed E-state index contributed by atoms with van der Waals surface area (Å²) in [6.07, 6.45) is 2.47. The van der Waals surface area contributed by atoms with Crippen LogP contribution in [0.15, 0.2) is 0 Å². The molecule has 0 radical (unpaired) electrons. The number of nitrogens with one attached hydrogen (secondary N) is 1. The summed E-state index contributed by atoms with van der Waals surface area (Å²) in [6, 6.07) is 0.615. The minimum Gasteiger partial charge on any atom is -0.373 e. The van der Waals surface area contributed by atoms with Crippen LogP contribution in [0.5, 0.6) is 0 Å². The lowest BCUT2D eigenvalue weighted by molar-refractivity contribution is 0.237. The summed E-state index contributed by atoms with van der Waals surface area (Å²) in [7, 11) is 6.12. The van der Waals surface area contributed by atoms with Crippen molar-refractivity contribution >= 4 is 5.82 Å². The fourth-order valence-corrected chi connectivity index (χ4v) is 2.25. The molecule has 0 amide bonds. The van der Waals surface area contributed by atoms with Crippen molar-refractivity contribution in [2.45, 2.75) is 46.2 Å². The van der Waals surface area contributed by atoms with Crippen molar-refractivity contribution < 1.29 is 0 Å². The van der Waals surface area contributed by atoms with E-state index in [1.54, 1.807) is 0 Å². The van der Waals surface area contributed by atoms with Gasteiger partial charge in [0.05, 0.1) is 5.69 Å². The summed E-state index contributed by atoms with van der Waals surface area (Å²) in [5.74, 6) is 1.12. The van der Waals surface area contributed by atoms with Crippen LogP contribution >= 0.6 is 0 Å². The molecule has 1 aromatic heterocycles. The van der Waals surface area contributed by atoms with Crippen molar-refractivity contribution in [3.8, 4) is 0 Å². The molecule has 0 bridgehead atoms. The molecule has 0 aliphatic rings. The van der Waals surface area contributed by atoms with Gasteiger partial charge >= 0.3 is 0 Å². The van der Waals surface area contributed by atoms with E-state index in [0.29, 0.717) is 6.04 Å². The normalized spacial score (nSPS) is 13.1. The summed E-state index contributed by atoms with van der Waals surface area (Å²) in [4.78, 5) is 2.40. The van der Waals surface area contributed by atoms with E-state index in [0.717, 1.165) is 18.1 Å². The first-order chi connectivity index (χ1) is 8.01. The number of hydrogen-bond acceptors (Lipinski definition) is 3. The second-order valence-corrected chi connectivity index (χ2v) is 4.84. The Morgan fingerprint density at radius 3 is 2.65 bits per heavy atom. The molecule has 1 heterocycles. The van der Waals surface area contributed by atoms with Crippen LogP contribution in [0.3, 0.4) is 0 Å². The van der Waals surface area contributed by atoms with Crippen molar-refractivity contribution in [2.24, 2.45) is 7.05 Å². The van der Waals surface area contributed by atoms with E-state index < -0.39 is 0 Å². The predicted molar refractivity (Wildman–Crippen MR) is 73.3 cm³/mol. The number of aryl methyl sites for hydroxylation is 2. The maximum atomic E-state index is 4.47. The third kappa shape index (κ3) is 3.22. The lowest BCUT2D eigenvalue weighted by Crippen LogP contribution is -2.28. The predicted octanol–water partition coefficient (Wildman–Crippen LogP) is 2.39. The quantitative estimate of drug-likeness (QED) is 0.826. The molecule has 0 aliphatic heterocycles. The molecule has 4 heteroatoms. The first kappa shape index (κ1) is 14.0. The van der Waals surface area contributed by atoms with Crippen LogP contribution in [0, 0.1) is 6.92 Å². The average molecular weight is 238 g/mol. The zero-order valence-corrected chi connectivity index (χ0v) is 12.0. The summed E-state index contributed by atoms with van der Waals surface area (Å²) in [6.45, 7) is 7.55. The van der Waals surface area contributed by atoms with Crippen molar-refractivity contribution in [1.29, 1.82) is 0 Å². The van der Waals surface area contributed by atoms with Crippen LogP contribution in [-0.4, -0.2) is 34.8 Å². The lowest BCUT2D eigenvalue weighted by Gasteiger charge is -2.24. The third-order valence-electron chi connectivity index (χ3n) is 3.45. The molecule has 1 atom stereocenters. The van der Waals surface area contributed by atoms with Crippen LogP contribution in [0.1, 0.15) is 37.9 Å². The molecule has 1 rings (SSSR count). The van der Waals surface area contributed by atoms with Gasteiger partial charge in [0.25, 0.3) is 0 Å². The second-order valence-electron chi connectivity index (χ2n) is 4.84. The third-order valence-corrected chi connectivity index (χ3v) is 3.45. The van der Waals surface area contributed by atoms with Gasteiger partial charge < -0.3 is 5.32 Å². The minimum absolute atomic E-state index is 0.615. The molecule has 4 nitrogen and oxygen atoms in total. The first-order valence-electron chi connectivity index (χ1n) is 6.41. The number of anilines is 1. The van der Waals surface area contributed by atoms with Gasteiger partial charge in [-0.2, -0.15) is 5.10 Å². The second kappa shape index (κ2) is 6.05. The Kier molecular flexibility index (Phi) is 5.00. The highest BCUT2D eigenvalue weighted by atomic mass is 15.3. The molecule has 0 aliphatic carbocycles. The zero-order valence-electron chi connectivity index (χ0n) is 12.0. The van der Waals surface area contributed by atoms with Crippen LogP contribution in [-0.2, 0) is 13.6 Å². The molecule has 0 fully saturated rings. The number of aromatic nitrogens is 2. The monoisotopic (exact) mass is 238 g/mol. The number of nitrogens with zero attached hydrogens (tertiary/aromatic N) is 3. The Morgan fingerprint density at radius 1 is 1.47 bits per heavy atom. The van der Waals surface area contributed by atoms with Crippen LogP contribution in [0.4, 0.5) is 5.82 Å². The van der Waals surface area contributed by atoms with Gasteiger partial charge in [-0.3, -0.25) is 9.58 Å². The molecule has 0 spiro atoms. The highest BCUT2D eigenvalue weighted by molar-refractivity contribution is 5.46. The first-order valence-corrected chi connectivity index (χ1v) is 6.41. The standard InChI is InChI=1S/C13H26N4/c1-7-8-10(2)16(5)9-12-11(3)15-17(6)13(12)14-4/h10,14H,7-9H2,1-6H3. The van der Waals surface area contributed by atoms with Gasteiger partial charge in [-0.05, 0) is 27.3 Å². The molecule has 1 N–H and O–H groups in total. The molecule has 0 saturated heterocycles. The number of rotatable bonds is 6. The molecule has 98 valence electrons. The van der Waals surface area contributed by atoms with E-state index >= 15 is 0 Å². The Balaban J connectivity index is 2.80. The Bertz CT molecular complexity index is 357. The van der Waals surface area contributed by atoms with Crippen molar-refractivity contribution in [1.82, 2.24) is 14.7 Å². The van der Waals surface area contributed by atoms with E-state index in [4.69, 9.17) is 0 Å². The highest BCUT2D eigenvalue weighted by Gasteiger charge is 2.16. The summed E-state index contributed by atoms with van der Waals surface area (Å²) < 4.78 is 1.92. The van der Waals surface area contributed by atoms with Crippen LogP contribution in [0.2, 0.25) is 0 Å². The average Bonchev–Trinajstić information content (AvgIpc) is 2.53. The molecular weight excluding hydrogens is 212 g/mol. The van der Waals surface area contributed by atoms with Crippen molar-refractivity contribution in [3.05, 3.63) is 11.3 Å². The van der Waals surface area contributed by atoms with E-state index in [9.17, 15) is 0 Å². The SMILES string of the molecule is CCCC(C)N(C)Cc1c(C)nn(C)c1NC. The van der Waals surface area contributed by atoms with E-state index in [2.05, 4.69) is 43.1 Å². The largest absolute Gasteiger partial charge is 0.373 e. The summed E-state index contributed by atoms with van der Waals surface area (Å²) in [5, 5.41) is 7.70. The van der Waals surface area contributed by atoms with Gasteiger partial charge in [0, 0.05) is 32.2 Å². The van der Waals surface area contributed by atoms with Gasteiger partial charge in [-0.25, -0.2) is 0 Å². The fraction of sp³-hybridized carbons (Fsp3) is 0.769. The topological polar surface area (TPSA) is 33.1 Å². The Labute approximate surface area is 105 Å². The van der Waals surface area contributed by atoms with Crippen molar-refractivity contribution in [3.63, 3.8) is 0 Å². The molecule has 0 saturated carbocycles. The minimum atomic E-state index is 0.615. The summed E-state index contributed by atoms with van der Waals surface area (Å²) in [5.41, 5.74) is 2.42. The Morgan fingerprint density at radius 2 is 2.12 bits per heavy atom. The molecule has 1 aromatic rings. The smallest absolute Gasteiger partial charge is 0.128 e. The van der Waals surface area contributed by atoms with Gasteiger partial charge in [-0.1, -0.05) is 13.3 Å². The molecular formula is C13H26N4. The van der Waals surface area contributed by atoms with Gasteiger partial charge in [0.1, 0.15) is 5.82 Å². The maximum Gasteiger partial charge on any atom is 0.128 e. The van der Waals surface area contributed by atoms with E-state index in [1.807, 2.05) is 18.8 Å². The fourth-order valence-electron chi connectivity index (χ4n) is 2.25. The molecule has 1 unspecified atom stereocenters. The lowest BCUT2D eigenvalue weighted by atomic mass is 10.1. The zero-order chi connectivity index (χ0) is 13.0. The summed E-state index contributed by atoms with van der Waals surface area (Å²) >= 11 is 0. The van der Waals surface area contributed by atoms with E-state index in [-0.39, 0.29) is 0 Å². The van der Waals surface area contributed by atoms with Crippen LogP contribution < -0.4 is 5.32 Å². The van der Waals surface area contributed by atoms with Gasteiger partial charge in [-0.15, -0.1) is 0 Å². The number of hydrogen-bond donors (Lipinski definition) is 1. The van der Waals surface area contributed by atoms with Crippen molar-refractivity contribution in [2.75, 3.05) is 19.4 Å². The Hall–Kier alpha value is -1.03. The van der Waals surface area contributed by atoms with Gasteiger partial charge in [0.2, 0.25) is 0 Å². The molecule has 17 heavy (non-hydrogen) atoms. The van der Waals surface area contributed by atoms with Gasteiger partial charge in [0.15, 0.2) is 0 Å².